The molecule has 3 rings (SSSR count). The summed E-state index contributed by atoms with van der Waals surface area (Å²) in [4.78, 5) is 24.4. The molecule has 0 aromatic heterocycles. The largest absolute Gasteiger partial charge is 0.497 e. The minimum atomic E-state index is -0.599. The number of carbonyl (C=O) groups is 2. The van der Waals surface area contributed by atoms with E-state index in [4.69, 9.17) is 9.47 Å². The van der Waals surface area contributed by atoms with Crippen LogP contribution in [-0.4, -0.2) is 25.5 Å². The molecule has 0 amide bonds. The van der Waals surface area contributed by atoms with Crippen molar-refractivity contribution in [3.8, 4) is 5.75 Å². The van der Waals surface area contributed by atoms with E-state index in [2.05, 4.69) is 6.07 Å². The Morgan fingerprint density at radius 3 is 2.71 bits per heavy atom. The fraction of sp³-hybridized carbons (Fsp3) is 0.400. The summed E-state index contributed by atoms with van der Waals surface area (Å²) in [6.45, 7) is 2.07. The highest BCUT2D eigenvalue weighted by Gasteiger charge is 2.35. The van der Waals surface area contributed by atoms with Crippen LogP contribution in [0.3, 0.4) is 0 Å². The molecule has 0 saturated heterocycles. The van der Waals surface area contributed by atoms with Crippen LogP contribution in [0.5, 0.6) is 5.75 Å². The van der Waals surface area contributed by atoms with Gasteiger partial charge in [0.1, 0.15) is 17.5 Å². The van der Waals surface area contributed by atoms with Crippen LogP contribution < -0.4 is 4.74 Å². The number of ether oxygens (including phenoxy) is 2. The van der Waals surface area contributed by atoms with Crippen molar-refractivity contribution >= 4 is 22.5 Å². The lowest BCUT2D eigenvalue weighted by molar-refractivity contribution is -0.152. The van der Waals surface area contributed by atoms with E-state index in [9.17, 15) is 9.59 Å². The second kappa shape index (κ2) is 7.04. The predicted octanol–water partition coefficient (Wildman–Crippen LogP) is 3.86. The van der Waals surface area contributed by atoms with Gasteiger partial charge in [0.25, 0.3) is 0 Å². The lowest BCUT2D eigenvalue weighted by Gasteiger charge is -2.27. The molecule has 1 aliphatic carbocycles. The topological polar surface area (TPSA) is 52.6 Å². The van der Waals surface area contributed by atoms with Gasteiger partial charge in [0, 0.05) is 6.42 Å². The van der Waals surface area contributed by atoms with Gasteiger partial charge in [-0.3, -0.25) is 9.59 Å². The van der Waals surface area contributed by atoms with Crippen LogP contribution in [0.2, 0.25) is 0 Å². The van der Waals surface area contributed by atoms with E-state index in [1.807, 2.05) is 30.3 Å². The number of hydrogen-bond acceptors (Lipinski definition) is 4. The second-order valence-corrected chi connectivity index (χ2v) is 6.19. The summed E-state index contributed by atoms with van der Waals surface area (Å²) in [6.07, 6.45) is 1.72. The molecule has 2 aromatic carbocycles. The summed E-state index contributed by atoms with van der Waals surface area (Å²) in [5, 5.41) is 2.25. The molecule has 1 fully saturated rings. The van der Waals surface area contributed by atoms with Gasteiger partial charge in [0.2, 0.25) is 0 Å². The van der Waals surface area contributed by atoms with Gasteiger partial charge in [-0.15, -0.1) is 0 Å². The third-order valence-electron chi connectivity index (χ3n) is 4.75. The van der Waals surface area contributed by atoms with Crippen LogP contribution in [0.1, 0.15) is 37.7 Å². The molecule has 126 valence electrons. The average Bonchev–Trinajstić information content (AvgIpc) is 2.60. The van der Waals surface area contributed by atoms with Gasteiger partial charge in [0.05, 0.1) is 13.7 Å². The lowest BCUT2D eigenvalue weighted by Crippen LogP contribution is -2.31. The fourth-order valence-electron chi connectivity index (χ4n) is 3.54. The molecule has 0 spiro atoms. The van der Waals surface area contributed by atoms with Crippen LogP contribution in [0.15, 0.2) is 36.4 Å². The molecule has 1 saturated carbocycles. The Morgan fingerprint density at radius 1 is 1.21 bits per heavy atom. The summed E-state index contributed by atoms with van der Waals surface area (Å²) in [5.74, 6) is -0.0852. The standard InChI is InChI=1S/C20H22O4/c1-3-24-20(22)17-9-8-14(11-19(17)21)18-12-15(23-2)10-13-6-4-5-7-16(13)18/h4-7,10,12,14,17H,3,8-9,11H2,1-2H3. The van der Waals surface area contributed by atoms with Crippen LogP contribution in [0, 0.1) is 5.92 Å². The number of benzene rings is 2. The SMILES string of the molecule is CCOC(=O)C1CCC(c2cc(OC)cc3ccccc23)CC1=O. The number of Topliss-reactive ketones (excluding diaryl/α,β-unsaturated/α-hetero) is 1. The van der Waals surface area contributed by atoms with E-state index < -0.39 is 5.92 Å². The first-order valence-corrected chi connectivity index (χ1v) is 8.40. The first-order chi connectivity index (χ1) is 11.6. The Bertz CT molecular complexity index is 765. The Hall–Kier alpha value is -2.36. The van der Waals surface area contributed by atoms with Crippen LogP contribution in [0.25, 0.3) is 10.8 Å². The van der Waals surface area contributed by atoms with Gasteiger partial charge in [-0.25, -0.2) is 0 Å². The molecule has 1 aliphatic rings. The number of ketones is 1. The molecular formula is C20H22O4. The third-order valence-corrected chi connectivity index (χ3v) is 4.75. The number of methoxy groups -OCH3 is 1. The van der Waals surface area contributed by atoms with Crippen LogP contribution in [-0.2, 0) is 14.3 Å². The molecule has 0 heterocycles. The monoisotopic (exact) mass is 326 g/mol. The number of carbonyl (C=O) groups excluding carboxylic acids is 2. The summed E-state index contributed by atoms with van der Waals surface area (Å²) in [5.41, 5.74) is 1.13. The molecule has 4 nitrogen and oxygen atoms in total. The maximum atomic E-state index is 12.5. The van der Waals surface area contributed by atoms with Crippen molar-refractivity contribution in [3.63, 3.8) is 0 Å². The summed E-state index contributed by atoms with van der Waals surface area (Å²) < 4.78 is 10.4. The van der Waals surface area contributed by atoms with Crippen molar-refractivity contribution < 1.29 is 19.1 Å². The third kappa shape index (κ3) is 3.14. The Kier molecular flexibility index (Phi) is 4.84. The zero-order valence-electron chi connectivity index (χ0n) is 14.1. The van der Waals surface area contributed by atoms with Crippen molar-refractivity contribution in [2.45, 2.75) is 32.1 Å². The Labute approximate surface area is 141 Å². The van der Waals surface area contributed by atoms with Gasteiger partial charge >= 0.3 is 5.97 Å². The zero-order chi connectivity index (χ0) is 17.1. The number of esters is 1. The molecular weight excluding hydrogens is 304 g/mol. The Morgan fingerprint density at radius 2 is 2.00 bits per heavy atom. The van der Waals surface area contributed by atoms with Crippen LogP contribution in [0.4, 0.5) is 0 Å². The zero-order valence-corrected chi connectivity index (χ0v) is 14.1. The molecule has 24 heavy (non-hydrogen) atoms. The van der Waals surface area contributed by atoms with Crippen molar-refractivity contribution in [3.05, 3.63) is 42.0 Å². The van der Waals surface area contributed by atoms with Crippen molar-refractivity contribution in [2.75, 3.05) is 13.7 Å². The minimum Gasteiger partial charge on any atom is -0.497 e. The van der Waals surface area contributed by atoms with Crippen LogP contribution >= 0.6 is 0 Å². The number of hydrogen-bond donors (Lipinski definition) is 0. The van der Waals surface area contributed by atoms with Gasteiger partial charge in [0.15, 0.2) is 0 Å². The second-order valence-electron chi connectivity index (χ2n) is 6.19. The summed E-state index contributed by atoms with van der Waals surface area (Å²) in [7, 11) is 1.65. The van der Waals surface area contributed by atoms with Crippen molar-refractivity contribution in [2.24, 2.45) is 5.92 Å². The first-order valence-electron chi connectivity index (χ1n) is 8.40. The molecule has 0 aliphatic heterocycles. The summed E-state index contributed by atoms with van der Waals surface area (Å²) >= 11 is 0. The number of rotatable bonds is 4. The lowest BCUT2D eigenvalue weighted by atomic mass is 9.76. The number of fused-ring (bicyclic) bond motifs is 1. The molecule has 2 atom stereocenters. The van der Waals surface area contributed by atoms with E-state index in [1.54, 1.807) is 14.0 Å². The van der Waals surface area contributed by atoms with E-state index in [-0.39, 0.29) is 17.7 Å². The van der Waals surface area contributed by atoms with Gasteiger partial charge in [-0.2, -0.15) is 0 Å². The van der Waals surface area contributed by atoms with Gasteiger partial charge in [-0.1, -0.05) is 24.3 Å². The normalized spacial score (nSPS) is 20.8. The van der Waals surface area contributed by atoms with E-state index in [0.29, 0.717) is 19.4 Å². The van der Waals surface area contributed by atoms with Gasteiger partial charge in [-0.05, 0) is 54.2 Å². The minimum absolute atomic E-state index is 0.0170. The van der Waals surface area contributed by atoms with E-state index >= 15 is 0 Å². The maximum absolute atomic E-state index is 12.5. The maximum Gasteiger partial charge on any atom is 0.316 e. The molecule has 0 bridgehead atoms. The molecule has 2 aromatic rings. The van der Waals surface area contributed by atoms with Crippen molar-refractivity contribution in [1.29, 1.82) is 0 Å². The van der Waals surface area contributed by atoms with Crippen molar-refractivity contribution in [1.82, 2.24) is 0 Å². The Balaban J connectivity index is 1.89. The van der Waals surface area contributed by atoms with E-state index in [0.717, 1.165) is 28.5 Å². The molecule has 0 radical (unpaired) electrons. The smallest absolute Gasteiger partial charge is 0.316 e. The summed E-state index contributed by atoms with van der Waals surface area (Å²) in [6, 6.07) is 12.1. The molecule has 4 heteroatoms. The fourth-order valence-corrected chi connectivity index (χ4v) is 3.54. The van der Waals surface area contributed by atoms with E-state index in [1.165, 1.54) is 0 Å². The first kappa shape index (κ1) is 16.5. The molecule has 2 unspecified atom stereocenters. The average molecular weight is 326 g/mol. The van der Waals surface area contributed by atoms with Gasteiger partial charge < -0.3 is 9.47 Å². The highest BCUT2D eigenvalue weighted by molar-refractivity contribution is 6.00. The predicted molar refractivity (Wildman–Crippen MR) is 92.2 cm³/mol. The quantitative estimate of drug-likeness (QED) is 0.632. The molecule has 0 N–H and O–H groups in total. The highest BCUT2D eigenvalue weighted by atomic mass is 16.5. The highest BCUT2D eigenvalue weighted by Crippen LogP contribution is 2.39.